The molecule has 1 aliphatic heterocycles. The largest absolute Gasteiger partial charge is 0.481 e. The average molecular weight is 422 g/mol. The maximum Gasteiger partial charge on any atom is 0.306 e. The molecule has 0 aromatic heterocycles. The third-order valence-electron chi connectivity index (χ3n) is 6.70. The van der Waals surface area contributed by atoms with Gasteiger partial charge in [0.15, 0.2) is 0 Å². The molecule has 5 rings (SSSR count). The minimum atomic E-state index is -0.668. The summed E-state index contributed by atoms with van der Waals surface area (Å²) >= 11 is 0. The van der Waals surface area contributed by atoms with Gasteiger partial charge in [-0.15, -0.1) is 0 Å². The summed E-state index contributed by atoms with van der Waals surface area (Å²) in [5.74, 6) is -0.904. The Morgan fingerprint density at radius 2 is 1.38 bits per heavy atom. The van der Waals surface area contributed by atoms with E-state index in [-0.39, 0.29) is 12.0 Å². The Morgan fingerprint density at radius 3 is 2.09 bits per heavy atom. The smallest absolute Gasteiger partial charge is 0.306 e. The van der Waals surface area contributed by atoms with Crippen molar-refractivity contribution in [3.05, 3.63) is 108 Å². The maximum absolute atomic E-state index is 11.5. The Hall–Kier alpha value is -3.43. The number of benzene rings is 4. The molecule has 1 saturated heterocycles. The quantitative estimate of drug-likeness (QED) is 0.406. The molecule has 160 valence electrons. The topological polar surface area (TPSA) is 40.5 Å². The van der Waals surface area contributed by atoms with Crippen LogP contribution in [0.4, 0.5) is 0 Å². The summed E-state index contributed by atoms with van der Waals surface area (Å²) in [5, 5.41) is 11.9. The normalized spacial score (nSPS) is 16.1. The predicted octanol–water partition coefficient (Wildman–Crippen LogP) is 6.39. The number of fused-ring (bicyclic) bond motifs is 1. The Bertz CT molecular complexity index is 1200. The molecule has 0 bridgehead atoms. The molecule has 4 aromatic rings. The SMILES string of the molecule is O=C(O)C1CCN(C(c2ccc(-c3ccccc3)cc2)c2cccc3ccccc23)CC1. The molecular formula is C29H27NO2. The lowest BCUT2D eigenvalue weighted by atomic mass is 9.88. The molecule has 0 radical (unpaired) electrons. The van der Waals surface area contributed by atoms with E-state index in [2.05, 4.69) is 95.9 Å². The van der Waals surface area contributed by atoms with Crippen molar-refractivity contribution >= 4 is 16.7 Å². The minimum absolute atomic E-state index is 0.0978. The van der Waals surface area contributed by atoms with Crippen molar-refractivity contribution in [2.75, 3.05) is 13.1 Å². The lowest BCUT2D eigenvalue weighted by molar-refractivity contribution is -0.143. The van der Waals surface area contributed by atoms with Crippen molar-refractivity contribution in [2.24, 2.45) is 5.92 Å². The van der Waals surface area contributed by atoms with Crippen molar-refractivity contribution in [2.45, 2.75) is 18.9 Å². The van der Waals surface area contributed by atoms with E-state index in [1.807, 2.05) is 6.07 Å². The van der Waals surface area contributed by atoms with E-state index >= 15 is 0 Å². The maximum atomic E-state index is 11.5. The van der Waals surface area contributed by atoms with Gasteiger partial charge >= 0.3 is 5.97 Å². The van der Waals surface area contributed by atoms with Crippen LogP contribution in [0.2, 0.25) is 0 Å². The predicted molar refractivity (Wildman–Crippen MR) is 130 cm³/mol. The van der Waals surface area contributed by atoms with E-state index in [0.717, 1.165) is 13.1 Å². The van der Waals surface area contributed by atoms with Gasteiger partial charge in [0, 0.05) is 0 Å². The highest BCUT2D eigenvalue weighted by Crippen LogP contribution is 2.37. The molecule has 1 fully saturated rings. The molecule has 0 amide bonds. The van der Waals surface area contributed by atoms with Crippen LogP contribution in [-0.2, 0) is 4.79 Å². The lowest BCUT2D eigenvalue weighted by Crippen LogP contribution is -2.39. The number of hydrogen-bond donors (Lipinski definition) is 1. The van der Waals surface area contributed by atoms with Gasteiger partial charge < -0.3 is 5.11 Å². The van der Waals surface area contributed by atoms with E-state index < -0.39 is 5.97 Å². The zero-order valence-corrected chi connectivity index (χ0v) is 18.0. The second kappa shape index (κ2) is 8.97. The van der Waals surface area contributed by atoms with Gasteiger partial charge in [0.2, 0.25) is 0 Å². The minimum Gasteiger partial charge on any atom is -0.481 e. The molecule has 0 saturated carbocycles. The number of piperidine rings is 1. The van der Waals surface area contributed by atoms with Gasteiger partial charge in [0.25, 0.3) is 0 Å². The fraction of sp³-hybridized carbons (Fsp3) is 0.207. The molecule has 3 heteroatoms. The number of nitrogens with zero attached hydrogens (tertiary/aromatic N) is 1. The molecular weight excluding hydrogens is 394 g/mol. The number of carboxylic acid groups (broad SMARTS) is 1. The Labute approximate surface area is 188 Å². The van der Waals surface area contributed by atoms with Crippen LogP contribution in [0, 0.1) is 5.92 Å². The molecule has 0 spiro atoms. The highest BCUT2D eigenvalue weighted by Gasteiger charge is 2.30. The van der Waals surface area contributed by atoms with Gasteiger partial charge in [-0.05, 0) is 59.0 Å². The molecule has 4 aromatic carbocycles. The number of carboxylic acids is 1. The van der Waals surface area contributed by atoms with Gasteiger partial charge in [-0.2, -0.15) is 0 Å². The standard InChI is InChI=1S/C29H27NO2/c31-29(32)25-17-19-30(20-18-25)28(27-12-6-10-23-9-4-5-11-26(23)27)24-15-13-22(14-16-24)21-7-2-1-3-8-21/h1-16,25,28H,17-20H2,(H,31,32). The molecule has 0 aliphatic carbocycles. The summed E-state index contributed by atoms with van der Waals surface area (Å²) in [5.41, 5.74) is 4.94. The van der Waals surface area contributed by atoms with Crippen LogP contribution >= 0.6 is 0 Å². The van der Waals surface area contributed by atoms with E-state index in [4.69, 9.17) is 0 Å². The fourth-order valence-corrected chi connectivity index (χ4v) is 4.97. The highest BCUT2D eigenvalue weighted by atomic mass is 16.4. The Morgan fingerprint density at radius 1 is 0.750 bits per heavy atom. The second-order valence-corrected chi connectivity index (χ2v) is 8.61. The third-order valence-corrected chi connectivity index (χ3v) is 6.70. The number of carbonyl (C=O) groups is 1. The van der Waals surface area contributed by atoms with Crippen LogP contribution in [0.5, 0.6) is 0 Å². The zero-order chi connectivity index (χ0) is 21.9. The molecule has 1 atom stereocenters. The summed E-state index contributed by atoms with van der Waals surface area (Å²) in [6.07, 6.45) is 1.39. The van der Waals surface area contributed by atoms with Crippen molar-refractivity contribution in [3.63, 3.8) is 0 Å². The van der Waals surface area contributed by atoms with E-state index in [1.54, 1.807) is 0 Å². The summed E-state index contributed by atoms with van der Waals surface area (Å²) in [6.45, 7) is 1.57. The van der Waals surface area contributed by atoms with Gasteiger partial charge in [0.05, 0.1) is 12.0 Å². The van der Waals surface area contributed by atoms with Crippen molar-refractivity contribution in [3.8, 4) is 11.1 Å². The van der Waals surface area contributed by atoms with Crippen LogP contribution in [0.3, 0.4) is 0 Å². The lowest BCUT2D eigenvalue weighted by Gasteiger charge is -2.37. The number of likely N-dealkylation sites (tertiary alicyclic amines) is 1. The number of hydrogen-bond acceptors (Lipinski definition) is 2. The van der Waals surface area contributed by atoms with Crippen molar-refractivity contribution in [1.82, 2.24) is 4.90 Å². The van der Waals surface area contributed by atoms with Crippen LogP contribution in [0.25, 0.3) is 21.9 Å². The molecule has 1 unspecified atom stereocenters. The van der Waals surface area contributed by atoms with Crippen LogP contribution in [0.1, 0.15) is 30.0 Å². The number of aliphatic carboxylic acids is 1. The van der Waals surface area contributed by atoms with Crippen LogP contribution in [0.15, 0.2) is 97.1 Å². The van der Waals surface area contributed by atoms with E-state index in [9.17, 15) is 9.90 Å². The summed E-state index contributed by atoms with van der Waals surface area (Å²) in [6, 6.07) is 34.4. The zero-order valence-electron chi connectivity index (χ0n) is 18.0. The van der Waals surface area contributed by atoms with E-state index in [1.165, 1.54) is 33.0 Å². The Kier molecular flexibility index (Phi) is 5.74. The first-order valence-electron chi connectivity index (χ1n) is 11.3. The van der Waals surface area contributed by atoms with Gasteiger partial charge in [0.1, 0.15) is 0 Å². The summed E-state index contributed by atoms with van der Waals surface area (Å²) in [4.78, 5) is 14.0. The van der Waals surface area contributed by atoms with Gasteiger partial charge in [-0.25, -0.2) is 0 Å². The monoisotopic (exact) mass is 421 g/mol. The molecule has 1 heterocycles. The Balaban J connectivity index is 1.55. The van der Waals surface area contributed by atoms with Crippen LogP contribution < -0.4 is 0 Å². The third kappa shape index (κ3) is 4.04. The molecule has 1 aliphatic rings. The first-order chi connectivity index (χ1) is 15.7. The van der Waals surface area contributed by atoms with Crippen molar-refractivity contribution < 1.29 is 9.90 Å². The second-order valence-electron chi connectivity index (χ2n) is 8.61. The van der Waals surface area contributed by atoms with Crippen LogP contribution in [-0.4, -0.2) is 29.1 Å². The molecule has 3 nitrogen and oxygen atoms in total. The first-order valence-corrected chi connectivity index (χ1v) is 11.3. The summed E-state index contributed by atoms with van der Waals surface area (Å²) < 4.78 is 0. The average Bonchev–Trinajstić information content (AvgIpc) is 2.86. The summed E-state index contributed by atoms with van der Waals surface area (Å²) in [7, 11) is 0. The first kappa shape index (κ1) is 20.5. The molecule has 1 N–H and O–H groups in total. The van der Waals surface area contributed by atoms with E-state index in [0.29, 0.717) is 12.8 Å². The van der Waals surface area contributed by atoms with Gasteiger partial charge in [-0.3, -0.25) is 9.69 Å². The highest BCUT2D eigenvalue weighted by molar-refractivity contribution is 5.86. The fourth-order valence-electron chi connectivity index (χ4n) is 4.97. The van der Waals surface area contributed by atoms with Gasteiger partial charge in [-0.1, -0.05) is 97.1 Å². The number of rotatable bonds is 5. The molecule has 32 heavy (non-hydrogen) atoms. The van der Waals surface area contributed by atoms with Crippen molar-refractivity contribution in [1.29, 1.82) is 0 Å².